The van der Waals surface area contributed by atoms with Gasteiger partial charge in [0.15, 0.2) is 0 Å². The molecule has 0 radical (unpaired) electrons. The van der Waals surface area contributed by atoms with E-state index in [1.54, 1.807) is 0 Å². The number of fused-ring (bicyclic) bond motifs is 8. The molecule has 4 saturated heterocycles. The van der Waals surface area contributed by atoms with Crippen molar-refractivity contribution in [3.05, 3.63) is 0 Å². The van der Waals surface area contributed by atoms with E-state index in [9.17, 15) is 4.79 Å². The lowest BCUT2D eigenvalue weighted by atomic mass is 9.82. The van der Waals surface area contributed by atoms with E-state index in [2.05, 4.69) is 0 Å². The SMILES string of the molecule is CC(C)(C)OC(=O)N1C[C@@H]2[C@H](C1)[C@H]1O[C@H]2[C@@H]2O[C@H]21. The Kier molecular flexibility index (Phi) is 1.96. The molecule has 0 aromatic heterocycles. The van der Waals surface area contributed by atoms with Crippen LogP contribution in [0.5, 0.6) is 0 Å². The zero-order chi connectivity index (χ0) is 12.7. The van der Waals surface area contributed by atoms with Crippen molar-refractivity contribution in [2.45, 2.75) is 50.8 Å². The normalized spacial score (nSPS) is 48.1. The summed E-state index contributed by atoms with van der Waals surface area (Å²) in [4.78, 5) is 13.9. The fourth-order valence-electron chi connectivity index (χ4n) is 3.72. The number of rotatable bonds is 0. The van der Waals surface area contributed by atoms with Crippen molar-refractivity contribution >= 4 is 6.09 Å². The van der Waals surface area contributed by atoms with Crippen LogP contribution in [0, 0.1) is 11.8 Å². The number of hydrogen-bond acceptors (Lipinski definition) is 4. The van der Waals surface area contributed by atoms with E-state index < -0.39 is 5.60 Å². The molecule has 4 aliphatic heterocycles. The fraction of sp³-hybridized carbons (Fsp3) is 0.923. The predicted octanol–water partition coefficient (Wildman–Crippen LogP) is 1.02. The van der Waals surface area contributed by atoms with Gasteiger partial charge in [-0.05, 0) is 20.8 Å². The molecule has 5 heteroatoms. The molecule has 0 aromatic carbocycles. The number of ether oxygens (including phenoxy) is 3. The lowest BCUT2D eigenvalue weighted by Gasteiger charge is -2.25. The molecule has 1 amide bonds. The predicted molar refractivity (Wildman–Crippen MR) is 62.1 cm³/mol. The van der Waals surface area contributed by atoms with Gasteiger partial charge in [0.1, 0.15) is 17.8 Å². The first-order valence-corrected chi connectivity index (χ1v) is 6.73. The third kappa shape index (κ3) is 1.43. The molecule has 0 aromatic rings. The van der Waals surface area contributed by atoms with Crippen molar-refractivity contribution in [3.8, 4) is 0 Å². The third-order valence-electron chi connectivity index (χ3n) is 4.43. The molecular formula is C13H19NO4. The highest BCUT2D eigenvalue weighted by molar-refractivity contribution is 5.68. The quantitative estimate of drug-likeness (QED) is 0.605. The van der Waals surface area contributed by atoms with E-state index in [0.717, 1.165) is 13.1 Å². The maximum Gasteiger partial charge on any atom is 0.410 e. The molecule has 100 valence electrons. The maximum atomic E-state index is 12.1. The number of nitrogens with zero attached hydrogens (tertiary/aromatic N) is 1. The van der Waals surface area contributed by atoms with Crippen molar-refractivity contribution in [2.24, 2.45) is 11.8 Å². The van der Waals surface area contributed by atoms with E-state index >= 15 is 0 Å². The monoisotopic (exact) mass is 253 g/mol. The van der Waals surface area contributed by atoms with Crippen LogP contribution in [0.15, 0.2) is 0 Å². The molecule has 4 aliphatic rings. The van der Waals surface area contributed by atoms with E-state index in [1.165, 1.54) is 0 Å². The van der Waals surface area contributed by atoms with Gasteiger partial charge >= 0.3 is 6.09 Å². The lowest BCUT2D eigenvalue weighted by molar-refractivity contribution is -0.00958. The van der Waals surface area contributed by atoms with E-state index in [0.29, 0.717) is 24.0 Å². The molecule has 4 rings (SSSR count). The largest absolute Gasteiger partial charge is 0.444 e. The Hall–Kier alpha value is -0.810. The van der Waals surface area contributed by atoms with Crippen molar-refractivity contribution in [1.82, 2.24) is 4.90 Å². The zero-order valence-corrected chi connectivity index (χ0v) is 11.0. The minimum atomic E-state index is -0.421. The molecule has 4 fully saturated rings. The number of hydrogen-bond donors (Lipinski definition) is 0. The van der Waals surface area contributed by atoms with Crippen LogP contribution in [0.4, 0.5) is 4.79 Å². The summed E-state index contributed by atoms with van der Waals surface area (Å²) in [5.74, 6) is 0.900. The number of carbonyl (C=O) groups excluding carboxylic acids is 1. The number of amides is 1. The van der Waals surface area contributed by atoms with Crippen molar-refractivity contribution in [3.63, 3.8) is 0 Å². The van der Waals surface area contributed by atoms with Crippen LogP contribution < -0.4 is 0 Å². The number of epoxide rings is 1. The van der Waals surface area contributed by atoms with Gasteiger partial charge in [-0.15, -0.1) is 0 Å². The van der Waals surface area contributed by atoms with Gasteiger partial charge in [0.05, 0.1) is 12.2 Å². The van der Waals surface area contributed by atoms with Gasteiger partial charge in [-0.2, -0.15) is 0 Å². The second-order valence-corrected chi connectivity index (χ2v) is 6.84. The molecule has 0 unspecified atom stereocenters. The fourth-order valence-corrected chi connectivity index (χ4v) is 3.72. The lowest BCUT2D eigenvalue weighted by Crippen LogP contribution is -2.37. The Morgan fingerprint density at radius 2 is 1.56 bits per heavy atom. The first-order valence-electron chi connectivity index (χ1n) is 6.73. The topological polar surface area (TPSA) is 51.3 Å². The Morgan fingerprint density at radius 3 is 2.06 bits per heavy atom. The van der Waals surface area contributed by atoms with Gasteiger partial charge < -0.3 is 19.1 Å². The highest BCUT2D eigenvalue weighted by Gasteiger charge is 2.70. The van der Waals surface area contributed by atoms with Crippen LogP contribution in [0.25, 0.3) is 0 Å². The second kappa shape index (κ2) is 3.20. The van der Waals surface area contributed by atoms with Crippen LogP contribution in [-0.4, -0.2) is 54.1 Å². The van der Waals surface area contributed by atoms with Crippen molar-refractivity contribution in [2.75, 3.05) is 13.1 Å². The molecule has 4 heterocycles. The molecule has 0 N–H and O–H groups in total. The average Bonchev–Trinajstić information content (AvgIpc) is 2.68. The Morgan fingerprint density at radius 1 is 1.06 bits per heavy atom. The van der Waals surface area contributed by atoms with Crippen LogP contribution in [0.1, 0.15) is 20.8 Å². The summed E-state index contributed by atoms with van der Waals surface area (Å²) in [7, 11) is 0. The van der Waals surface area contributed by atoms with E-state index in [1.807, 2.05) is 25.7 Å². The van der Waals surface area contributed by atoms with Gasteiger partial charge in [0, 0.05) is 24.9 Å². The molecule has 2 bridgehead atoms. The summed E-state index contributed by atoms with van der Waals surface area (Å²) in [6, 6.07) is 0. The van der Waals surface area contributed by atoms with Gasteiger partial charge in [-0.1, -0.05) is 0 Å². The molecule has 0 spiro atoms. The van der Waals surface area contributed by atoms with Crippen LogP contribution in [-0.2, 0) is 14.2 Å². The van der Waals surface area contributed by atoms with Gasteiger partial charge in [-0.3, -0.25) is 0 Å². The van der Waals surface area contributed by atoms with E-state index in [-0.39, 0.29) is 18.3 Å². The minimum absolute atomic E-state index is 0.189. The highest BCUT2D eigenvalue weighted by atomic mass is 16.7. The first-order chi connectivity index (χ1) is 8.44. The van der Waals surface area contributed by atoms with Crippen LogP contribution in [0.2, 0.25) is 0 Å². The molecule has 0 aliphatic carbocycles. The van der Waals surface area contributed by atoms with Crippen molar-refractivity contribution < 1.29 is 19.0 Å². The summed E-state index contributed by atoms with van der Waals surface area (Å²) < 4.78 is 17.0. The summed E-state index contributed by atoms with van der Waals surface area (Å²) in [6.45, 7) is 7.22. The summed E-state index contributed by atoms with van der Waals surface area (Å²) >= 11 is 0. The summed E-state index contributed by atoms with van der Waals surface area (Å²) in [6.07, 6.45) is 0.880. The molecule has 6 atom stereocenters. The van der Waals surface area contributed by atoms with Crippen LogP contribution >= 0.6 is 0 Å². The number of carbonyl (C=O) groups is 1. The number of likely N-dealkylation sites (tertiary alicyclic amines) is 1. The maximum absolute atomic E-state index is 12.1. The first kappa shape index (κ1) is 11.1. The summed E-state index contributed by atoms with van der Waals surface area (Å²) in [5.41, 5.74) is -0.421. The van der Waals surface area contributed by atoms with Crippen molar-refractivity contribution in [1.29, 1.82) is 0 Å². The van der Waals surface area contributed by atoms with Gasteiger partial charge in [0.2, 0.25) is 0 Å². The molecule has 0 saturated carbocycles. The molecule has 18 heavy (non-hydrogen) atoms. The van der Waals surface area contributed by atoms with Gasteiger partial charge in [-0.25, -0.2) is 4.79 Å². The standard InChI is InChI=1S/C13H19NO4/c1-13(2,3)18-12(15)14-4-6-7(5-14)9-11-10(17-11)8(6)16-9/h6-11H,4-5H2,1-3H3/t6-,7+,8-,9-,10+,11+/m1/s1. The molecule has 5 nitrogen and oxygen atoms in total. The van der Waals surface area contributed by atoms with E-state index in [4.69, 9.17) is 14.2 Å². The average molecular weight is 253 g/mol. The minimum Gasteiger partial charge on any atom is -0.444 e. The Labute approximate surface area is 106 Å². The van der Waals surface area contributed by atoms with Crippen LogP contribution in [0.3, 0.4) is 0 Å². The smallest absolute Gasteiger partial charge is 0.410 e. The zero-order valence-electron chi connectivity index (χ0n) is 11.0. The van der Waals surface area contributed by atoms with Gasteiger partial charge in [0.25, 0.3) is 0 Å². The Balaban J connectivity index is 1.45. The third-order valence-corrected chi connectivity index (χ3v) is 4.43. The Bertz CT molecular complexity index is 382. The highest BCUT2D eigenvalue weighted by Crippen LogP contribution is 2.56. The molecular weight excluding hydrogens is 234 g/mol. The summed E-state index contributed by atoms with van der Waals surface area (Å²) in [5, 5.41) is 0. The second-order valence-electron chi connectivity index (χ2n) is 6.84.